The van der Waals surface area contributed by atoms with E-state index in [4.69, 9.17) is 10.5 Å². The first kappa shape index (κ1) is 19.7. The van der Waals surface area contributed by atoms with Crippen LogP contribution in [-0.2, 0) is 14.8 Å². The summed E-state index contributed by atoms with van der Waals surface area (Å²) in [5, 5.41) is 2.58. The largest absolute Gasteiger partial charge is 0.497 e. The summed E-state index contributed by atoms with van der Waals surface area (Å²) < 4.78 is 32.5. The molecule has 1 aliphatic rings. The summed E-state index contributed by atoms with van der Waals surface area (Å²) >= 11 is 0. The van der Waals surface area contributed by atoms with Gasteiger partial charge in [0.25, 0.3) is 0 Å². The lowest BCUT2D eigenvalue weighted by atomic mass is 9.79. The van der Waals surface area contributed by atoms with Crippen LogP contribution < -0.4 is 15.8 Å². The fraction of sp³-hybridized carbons (Fsp3) is 0.588. The van der Waals surface area contributed by atoms with Crippen molar-refractivity contribution in [3.05, 3.63) is 24.3 Å². The maximum Gasteiger partial charge on any atom is 0.243 e. The van der Waals surface area contributed by atoms with E-state index < -0.39 is 15.6 Å². The number of rotatable bonds is 6. The third-order valence-corrected chi connectivity index (χ3v) is 6.68. The number of benzene rings is 1. The fourth-order valence-electron chi connectivity index (χ4n) is 3.19. The molecular weight excluding hydrogens is 342 g/mol. The van der Waals surface area contributed by atoms with E-state index in [0.717, 1.165) is 6.42 Å². The summed E-state index contributed by atoms with van der Waals surface area (Å²) in [5.74, 6) is 0.273. The van der Waals surface area contributed by atoms with E-state index in [1.54, 1.807) is 25.2 Å². The summed E-state index contributed by atoms with van der Waals surface area (Å²) in [4.78, 5) is 11.9. The van der Waals surface area contributed by atoms with Gasteiger partial charge in [0.2, 0.25) is 15.9 Å². The molecule has 1 unspecified atom stereocenters. The molecule has 0 radical (unpaired) electrons. The van der Waals surface area contributed by atoms with Gasteiger partial charge < -0.3 is 15.8 Å². The zero-order valence-corrected chi connectivity index (χ0v) is 15.8. The predicted molar refractivity (Wildman–Crippen MR) is 95.8 cm³/mol. The molecule has 25 heavy (non-hydrogen) atoms. The Hall–Kier alpha value is -1.64. The molecule has 0 saturated carbocycles. The van der Waals surface area contributed by atoms with Crippen molar-refractivity contribution in [3.63, 3.8) is 0 Å². The van der Waals surface area contributed by atoms with Crippen LogP contribution in [-0.4, -0.2) is 51.4 Å². The molecule has 0 bridgehead atoms. The highest BCUT2D eigenvalue weighted by atomic mass is 32.2. The van der Waals surface area contributed by atoms with Gasteiger partial charge in [-0.05, 0) is 37.8 Å². The SMILES string of the molecule is CNC(=O)C[C@](C)(N)C1CCCN(S(=O)(=O)c2cccc(OC)c2)C1. The van der Waals surface area contributed by atoms with E-state index in [1.807, 2.05) is 6.92 Å². The number of nitrogens with one attached hydrogen (secondary N) is 1. The van der Waals surface area contributed by atoms with Crippen LogP contribution >= 0.6 is 0 Å². The number of ether oxygens (including phenoxy) is 1. The van der Waals surface area contributed by atoms with Crippen LogP contribution in [0.15, 0.2) is 29.2 Å². The molecule has 3 N–H and O–H groups in total. The standard InChI is InChI=1S/C17H27N3O4S/c1-17(18,11-16(21)19-2)13-6-5-9-20(12-13)25(22,23)15-8-4-7-14(10-15)24-3/h4,7-8,10,13H,5-6,9,11-12,18H2,1-3H3,(H,19,21)/t13?,17-/m0/s1. The molecule has 0 spiro atoms. The third-order valence-electron chi connectivity index (χ3n) is 4.82. The number of nitrogens with two attached hydrogens (primary N) is 1. The molecule has 1 heterocycles. The van der Waals surface area contributed by atoms with Crippen molar-refractivity contribution >= 4 is 15.9 Å². The minimum atomic E-state index is -3.62. The minimum absolute atomic E-state index is 0.0843. The van der Waals surface area contributed by atoms with Gasteiger partial charge in [-0.15, -0.1) is 0 Å². The molecule has 1 amide bonds. The van der Waals surface area contributed by atoms with Crippen LogP contribution in [0.1, 0.15) is 26.2 Å². The van der Waals surface area contributed by atoms with Crippen LogP contribution in [0, 0.1) is 5.92 Å². The fourth-order valence-corrected chi connectivity index (χ4v) is 4.75. The van der Waals surface area contributed by atoms with Gasteiger partial charge in [-0.2, -0.15) is 4.31 Å². The van der Waals surface area contributed by atoms with E-state index in [2.05, 4.69) is 5.32 Å². The molecule has 7 nitrogen and oxygen atoms in total. The second kappa shape index (κ2) is 7.72. The Labute approximate surface area is 149 Å². The van der Waals surface area contributed by atoms with Gasteiger partial charge in [-0.25, -0.2) is 8.42 Å². The molecule has 0 aromatic heterocycles. The Morgan fingerprint density at radius 2 is 2.20 bits per heavy atom. The monoisotopic (exact) mass is 369 g/mol. The Morgan fingerprint density at radius 3 is 2.84 bits per heavy atom. The lowest BCUT2D eigenvalue weighted by Crippen LogP contribution is -2.54. The van der Waals surface area contributed by atoms with Crippen LogP contribution in [0.5, 0.6) is 5.75 Å². The molecule has 1 saturated heterocycles. The number of methoxy groups -OCH3 is 1. The van der Waals surface area contributed by atoms with Gasteiger partial charge in [-0.1, -0.05) is 6.07 Å². The number of hydrogen-bond donors (Lipinski definition) is 2. The highest BCUT2D eigenvalue weighted by Gasteiger charge is 2.39. The average Bonchev–Trinajstić information content (AvgIpc) is 2.61. The maximum absolute atomic E-state index is 13.0. The molecule has 140 valence electrons. The first-order valence-electron chi connectivity index (χ1n) is 8.34. The van der Waals surface area contributed by atoms with E-state index in [0.29, 0.717) is 25.3 Å². The second-order valence-corrected chi connectivity index (χ2v) is 8.67. The third kappa shape index (κ3) is 4.50. The zero-order valence-electron chi connectivity index (χ0n) is 15.0. The topological polar surface area (TPSA) is 102 Å². The van der Waals surface area contributed by atoms with Gasteiger partial charge in [-0.3, -0.25) is 4.79 Å². The summed E-state index contributed by atoms with van der Waals surface area (Å²) in [7, 11) is -0.555. The Balaban J connectivity index is 2.20. The number of carbonyl (C=O) groups excluding carboxylic acids is 1. The quantitative estimate of drug-likeness (QED) is 0.777. The van der Waals surface area contributed by atoms with E-state index in [-0.39, 0.29) is 23.1 Å². The number of amides is 1. The van der Waals surface area contributed by atoms with Crippen LogP contribution in [0.25, 0.3) is 0 Å². The molecule has 1 aliphatic heterocycles. The van der Waals surface area contributed by atoms with Gasteiger partial charge in [0.15, 0.2) is 0 Å². The van der Waals surface area contributed by atoms with Gasteiger partial charge in [0, 0.05) is 38.2 Å². The molecule has 2 rings (SSSR count). The molecular formula is C17H27N3O4S. The normalized spacial score (nSPS) is 21.4. The van der Waals surface area contributed by atoms with Crippen molar-refractivity contribution in [2.24, 2.45) is 11.7 Å². The van der Waals surface area contributed by atoms with Crippen molar-refractivity contribution in [3.8, 4) is 5.75 Å². The first-order valence-corrected chi connectivity index (χ1v) is 9.78. The van der Waals surface area contributed by atoms with Crippen molar-refractivity contribution in [2.75, 3.05) is 27.2 Å². The van der Waals surface area contributed by atoms with Crippen LogP contribution in [0.2, 0.25) is 0 Å². The summed E-state index contributed by atoms with van der Waals surface area (Å²) in [6, 6.07) is 6.45. The summed E-state index contributed by atoms with van der Waals surface area (Å²) in [6.45, 7) is 2.57. The van der Waals surface area contributed by atoms with E-state index in [1.165, 1.54) is 17.5 Å². The number of carbonyl (C=O) groups is 1. The zero-order chi connectivity index (χ0) is 18.7. The minimum Gasteiger partial charge on any atom is -0.497 e. The number of sulfonamides is 1. The molecule has 1 fully saturated rings. The van der Waals surface area contributed by atoms with Gasteiger partial charge >= 0.3 is 0 Å². The second-order valence-electron chi connectivity index (χ2n) is 6.74. The lowest BCUT2D eigenvalue weighted by molar-refractivity contribution is -0.122. The first-order chi connectivity index (χ1) is 11.7. The molecule has 2 atom stereocenters. The molecule has 1 aromatic carbocycles. The molecule has 0 aliphatic carbocycles. The molecule has 1 aromatic rings. The van der Waals surface area contributed by atoms with Crippen LogP contribution in [0.3, 0.4) is 0 Å². The molecule has 8 heteroatoms. The summed E-state index contributed by atoms with van der Waals surface area (Å²) in [6.07, 6.45) is 1.68. The summed E-state index contributed by atoms with van der Waals surface area (Å²) in [5.41, 5.74) is 5.59. The average molecular weight is 369 g/mol. The van der Waals surface area contributed by atoms with Gasteiger partial charge in [0.1, 0.15) is 5.75 Å². The number of nitrogens with zero attached hydrogens (tertiary/aromatic N) is 1. The van der Waals surface area contributed by atoms with Gasteiger partial charge in [0.05, 0.1) is 12.0 Å². The van der Waals surface area contributed by atoms with Crippen molar-refractivity contribution < 1.29 is 17.9 Å². The Bertz CT molecular complexity index is 718. The lowest BCUT2D eigenvalue weighted by Gasteiger charge is -2.40. The smallest absolute Gasteiger partial charge is 0.243 e. The number of piperidine rings is 1. The van der Waals surface area contributed by atoms with Crippen molar-refractivity contribution in [2.45, 2.75) is 36.6 Å². The van der Waals surface area contributed by atoms with Crippen molar-refractivity contribution in [1.82, 2.24) is 9.62 Å². The number of hydrogen-bond acceptors (Lipinski definition) is 5. The van der Waals surface area contributed by atoms with E-state index in [9.17, 15) is 13.2 Å². The maximum atomic E-state index is 13.0. The highest BCUT2D eigenvalue weighted by molar-refractivity contribution is 7.89. The Kier molecular flexibility index (Phi) is 6.08. The van der Waals surface area contributed by atoms with Crippen LogP contribution in [0.4, 0.5) is 0 Å². The Morgan fingerprint density at radius 1 is 1.48 bits per heavy atom. The van der Waals surface area contributed by atoms with E-state index >= 15 is 0 Å². The predicted octanol–water partition coefficient (Wildman–Crippen LogP) is 0.949. The highest BCUT2D eigenvalue weighted by Crippen LogP contribution is 2.31. The van der Waals surface area contributed by atoms with Crippen molar-refractivity contribution in [1.29, 1.82) is 0 Å².